The maximum absolute atomic E-state index is 14.4. The third-order valence-corrected chi connectivity index (χ3v) is 6.22. The largest absolute Gasteiger partial charge is 0.384 e. The van der Waals surface area contributed by atoms with Crippen molar-refractivity contribution in [2.24, 2.45) is 0 Å². The zero-order chi connectivity index (χ0) is 26.5. The van der Waals surface area contributed by atoms with E-state index >= 15 is 0 Å². The van der Waals surface area contributed by atoms with Crippen LogP contribution in [0.3, 0.4) is 0 Å². The van der Waals surface area contributed by atoms with E-state index in [1.807, 2.05) is 0 Å². The third kappa shape index (κ3) is 4.51. The van der Waals surface area contributed by atoms with Crippen molar-refractivity contribution in [3.63, 3.8) is 0 Å². The van der Waals surface area contributed by atoms with Gasteiger partial charge in [-0.2, -0.15) is 13.8 Å². The number of pyridine rings is 1. The monoisotopic (exact) mass is 507 g/mol. The fourth-order valence-electron chi connectivity index (χ4n) is 4.55. The molecule has 0 spiro atoms. The number of hydrogen-bond donors (Lipinski definition) is 2. The minimum atomic E-state index is -2.93. The topological polar surface area (TPSA) is 101 Å². The number of nitrogens with zero attached hydrogens (tertiary/aromatic N) is 6. The number of aliphatic hydroxyl groups is 1. The molecule has 1 aliphatic heterocycles. The summed E-state index contributed by atoms with van der Waals surface area (Å²) in [5, 5.41) is 13.8. The molecule has 0 bridgehead atoms. The Morgan fingerprint density at radius 3 is 2.76 bits per heavy atom. The van der Waals surface area contributed by atoms with E-state index in [0.717, 1.165) is 0 Å². The van der Waals surface area contributed by atoms with Crippen molar-refractivity contribution in [3.8, 4) is 5.82 Å². The van der Waals surface area contributed by atoms with Crippen LogP contribution >= 0.6 is 0 Å². The first-order chi connectivity index (χ1) is 17.5. The van der Waals surface area contributed by atoms with Gasteiger partial charge in [-0.25, -0.2) is 19.3 Å². The Morgan fingerprint density at radius 2 is 2.03 bits per heavy atom. The number of benzene rings is 1. The summed E-state index contributed by atoms with van der Waals surface area (Å²) in [6.07, 6.45) is 3.01. The van der Waals surface area contributed by atoms with E-state index in [1.54, 1.807) is 66.9 Å². The highest BCUT2D eigenvalue weighted by molar-refractivity contribution is 5.77. The van der Waals surface area contributed by atoms with Crippen LogP contribution in [0.4, 0.5) is 20.4 Å². The lowest BCUT2D eigenvalue weighted by molar-refractivity contribution is -0.0454. The van der Waals surface area contributed by atoms with Gasteiger partial charge in [0, 0.05) is 24.0 Å². The lowest BCUT2D eigenvalue weighted by atomic mass is 9.96. The molecular formula is C26H27F2N7O2. The fraction of sp³-hybridized carbons (Fsp3) is 0.308. The molecule has 4 heterocycles. The number of anilines is 2. The van der Waals surface area contributed by atoms with Crippen molar-refractivity contribution in [2.75, 3.05) is 18.9 Å². The average molecular weight is 508 g/mol. The fourth-order valence-corrected chi connectivity index (χ4v) is 4.55. The number of nitrogens with one attached hydrogen (secondary N) is 1. The van der Waals surface area contributed by atoms with Gasteiger partial charge in [0.1, 0.15) is 11.0 Å². The van der Waals surface area contributed by atoms with Gasteiger partial charge in [-0.05, 0) is 50.7 Å². The number of rotatable bonds is 6. The van der Waals surface area contributed by atoms with Gasteiger partial charge in [0.2, 0.25) is 5.95 Å². The summed E-state index contributed by atoms with van der Waals surface area (Å²) in [5.41, 5.74) is 0.289. The molecule has 0 atom stereocenters. The predicted octanol–water partition coefficient (Wildman–Crippen LogP) is 3.67. The first-order valence-corrected chi connectivity index (χ1v) is 11.7. The maximum atomic E-state index is 14.4. The molecule has 4 aromatic rings. The molecule has 0 fully saturated rings. The summed E-state index contributed by atoms with van der Waals surface area (Å²) in [4.78, 5) is 28.2. The summed E-state index contributed by atoms with van der Waals surface area (Å²) < 4.78 is 31.9. The van der Waals surface area contributed by atoms with Crippen LogP contribution in [0.5, 0.6) is 0 Å². The van der Waals surface area contributed by atoms with Gasteiger partial charge in [0.05, 0.1) is 18.8 Å². The summed E-state index contributed by atoms with van der Waals surface area (Å²) in [6, 6.07) is 9.80. The molecule has 1 aliphatic rings. The zero-order valence-electron chi connectivity index (χ0n) is 20.7. The molecular weight excluding hydrogens is 480 g/mol. The van der Waals surface area contributed by atoms with Gasteiger partial charge >= 0.3 is 0 Å². The Bertz CT molecular complexity index is 1570. The van der Waals surface area contributed by atoms with Crippen LogP contribution < -0.4 is 10.9 Å². The number of allylic oxidation sites excluding steroid dienone is 1. The molecule has 0 saturated carbocycles. The molecule has 9 nitrogen and oxygen atoms in total. The minimum absolute atomic E-state index is 0.0145. The van der Waals surface area contributed by atoms with Crippen molar-refractivity contribution in [3.05, 3.63) is 82.4 Å². The van der Waals surface area contributed by atoms with E-state index in [-0.39, 0.29) is 35.5 Å². The van der Waals surface area contributed by atoms with Crippen LogP contribution in [-0.4, -0.2) is 47.9 Å². The van der Waals surface area contributed by atoms with Crippen LogP contribution in [0.1, 0.15) is 30.7 Å². The van der Waals surface area contributed by atoms with E-state index in [4.69, 9.17) is 0 Å². The predicted molar refractivity (Wildman–Crippen MR) is 136 cm³/mol. The summed E-state index contributed by atoms with van der Waals surface area (Å²) in [7, 11) is 1.65. The lowest BCUT2D eigenvalue weighted by Crippen LogP contribution is -2.38. The highest BCUT2D eigenvalue weighted by Crippen LogP contribution is 2.37. The molecule has 5 rings (SSSR count). The molecule has 0 radical (unpaired) electrons. The smallest absolute Gasteiger partial charge is 0.285 e. The Hall–Kier alpha value is -3.96. The molecule has 3 aromatic heterocycles. The number of aromatic nitrogens is 5. The number of hydrogen-bond acceptors (Lipinski definition) is 7. The van der Waals surface area contributed by atoms with E-state index in [2.05, 4.69) is 26.8 Å². The van der Waals surface area contributed by atoms with Crippen LogP contribution in [0.15, 0.2) is 60.0 Å². The lowest BCUT2D eigenvalue weighted by Gasteiger charge is -2.32. The van der Waals surface area contributed by atoms with Crippen LogP contribution in [0.2, 0.25) is 0 Å². The van der Waals surface area contributed by atoms with E-state index < -0.39 is 11.5 Å². The second-order valence-corrected chi connectivity index (χ2v) is 9.73. The Morgan fingerprint density at radius 1 is 1.24 bits per heavy atom. The van der Waals surface area contributed by atoms with Crippen LogP contribution in [-0.2, 0) is 24.6 Å². The standard InChI is InChI=1S/C26H27F2N7O2/c1-5-11-34-23(36)18-13-29-24(30-17-9-10-19-16(12-17)14-33(4)15-26(19,27)28)32-22(18)35(34)21-8-6-7-20(31-21)25(2,3)37/h5-10,12-13,37H,1,11,14-15H2,2-4H3,(H,29,30,32). The second-order valence-electron chi connectivity index (χ2n) is 9.73. The first-order valence-electron chi connectivity index (χ1n) is 11.7. The molecule has 0 aliphatic carbocycles. The highest BCUT2D eigenvalue weighted by Gasteiger charge is 2.39. The molecule has 0 amide bonds. The summed E-state index contributed by atoms with van der Waals surface area (Å²) in [6.45, 7) is 7.26. The minimum Gasteiger partial charge on any atom is -0.384 e. The third-order valence-electron chi connectivity index (χ3n) is 6.22. The van der Waals surface area contributed by atoms with Gasteiger partial charge in [-0.3, -0.25) is 9.69 Å². The second kappa shape index (κ2) is 8.86. The van der Waals surface area contributed by atoms with Crippen molar-refractivity contribution in [2.45, 2.75) is 38.5 Å². The van der Waals surface area contributed by atoms with Gasteiger partial charge < -0.3 is 10.4 Å². The Kier molecular flexibility index (Phi) is 5.92. The van der Waals surface area contributed by atoms with Crippen LogP contribution in [0, 0.1) is 0 Å². The molecule has 2 N–H and O–H groups in total. The Labute approximate surface area is 211 Å². The molecule has 0 unspecified atom stereocenters. The SMILES string of the molecule is C=CCn1c(=O)c2cnc(Nc3ccc4c(c3)CN(C)CC4(F)F)nc2n1-c1cccc(C(C)(C)O)n1. The van der Waals surface area contributed by atoms with Crippen molar-refractivity contribution in [1.29, 1.82) is 0 Å². The van der Waals surface area contributed by atoms with Gasteiger partial charge in [0.25, 0.3) is 11.5 Å². The zero-order valence-corrected chi connectivity index (χ0v) is 20.7. The van der Waals surface area contributed by atoms with Gasteiger partial charge in [-0.1, -0.05) is 18.2 Å². The average Bonchev–Trinajstić information content (AvgIpc) is 3.09. The summed E-state index contributed by atoms with van der Waals surface area (Å²) in [5.74, 6) is -2.35. The number of likely N-dealkylation sites (N-methyl/N-ethyl adjacent to an activating group) is 1. The molecule has 1 aromatic carbocycles. The highest BCUT2D eigenvalue weighted by atomic mass is 19.3. The number of halogens is 2. The molecule has 37 heavy (non-hydrogen) atoms. The van der Waals surface area contributed by atoms with E-state index in [9.17, 15) is 18.7 Å². The molecule has 0 saturated heterocycles. The quantitative estimate of drug-likeness (QED) is 0.384. The molecule has 192 valence electrons. The Balaban J connectivity index is 1.60. The van der Waals surface area contributed by atoms with Crippen molar-refractivity contribution < 1.29 is 13.9 Å². The summed E-state index contributed by atoms with van der Waals surface area (Å²) >= 11 is 0. The van der Waals surface area contributed by atoms with E-state index in [1.165, 1.54) is 16.9 Å². The normalized spacial score (nSPS) is 15.5. The van der Waals surface area contributed by atoms with E-state index in [0.29, 0.717) is 35.0 Å². The van der Waals surface area contributed by atoms with Crippen molar-refractivity contribution in [1.82, 2.24) is 29.2 Å². The first kappa shape index (κ1) is 24.7. The molecule has 11 heteroatoms. The number of fused-ring (bicyclic) bond motifs is 2. The van der Waals surface area contributed by atoms with Gasteiger partial charge in [-0.15, -0.1) is 6.58 Å². The maximum Gasteiger partial charge on any atom is 0.285 e. The van der Waals surface area contributed by atoms with Crippen molar-refractivity contribution >= 4 is 22.7 Å². The van der Waals surface area contributed by atoms with Gasteiger partial charge in [0.15, 0.2) is 11.5 Å². The number of alkyl halides is 2. The van der Waals surface area contributed by atoms with Crippen LogP contribution in [0.25, 0.3) is 16.9 Å².